The maximum absolute atomic E-state index is 4.42. The smallest absolute Gasteiger partial charge is 0.138 e. The minimum absolute atomic E-state index is 0.811. The quantitative estimate of drug-likeness (QED) is 0.751. The first-order valence-electron chi connectivity index (χ1n) is 8.72. The number of nitrogens with one attached hydrogen (secondary N) is 2. The highest BCUT2D eigenvalue weighted by Crippen LogP contribution is 2.24. The molecular formula is C19H23N4S+. The highest BCUT2D eigenvalue weighted by molar-refractivity contribution is 7.16. The molecule has 2 aromatic heterocycles. The lowest BCUT2D eigenvalue weighted by Gasteiger charge is -2.24. The van der Waals surface area contributed by atoms with Gasteiger partial charge in [0.15, 0.2) is 0 Å². The maximum atomic E-state index is 4.42. The van der Waals surface area contributed by atoms with Crippen molar-refractivity contribution in [3.05, 3.63) is 53.2 Å². The Balaban J connectivity index is 1.49. The maximum Gasteiger partial charge on any atom is 0.138 e. The van der Waals surface area contributed by atoms with Crippen LogP contribution in [0.25, 0.3) is 10.2 Å². The summed E-state index contributed by atoms with van der Waals surface area (Å²) >= 11 is 1.66. The molecule has 1 aromatic carbocycles. The second-order valence-corrected chi connectivity index (χ2v) is 7.37. The Labute approximate surface area is 146 Å². The van der Waals surface area contributed by atoms with Gasteiger partial charge in [-0.3, -0.25) is 0 Å². The average molecular weight is 339 g/mol. The summed E-state index contributed by atoms with van der Waals surface area (Å²) in [6.45, 7) is 4.56. The van der Waals surface area contributed by atoms with E-state index in [9.17, 15) is 0 Å². The van der Waals surface area contributed by atoms with Gasteiger partial charge in [0.25, 0.3) is 0 Å². The SMILES string of the molecule is c1ccc(C[NH+]2CCCCC2)c(CNc2ncnc3sccc23)c1. The van der Waals surface area contributed by atoms with E-state index in [1.165, 1.54) is 43.5 Å². The molecule has 1 fully saturated rings. The molecule has 0 bridgehead atoms. The number of fused-ring (bicyclic) bond motifs is 1. The van der Waals surface area contributed by atoms with Gasteiger partial charge in [-0.25, -0.2) is 9.97 Å². The third kappa shape index (κ3) is 3.42. The van der Waals surface area contributed by atoms with Crippen molar-refractivity contribution in [3.63, 3.8) is 0 Å². The molecule has 3 aromatic rings. The van der Waals surface area contributed by atoms with Gasteiger partial charge in [-0.05, 0) is 36.3 Å². The molecule has 1 aliphatic rings. The van der Waals surface area contributed by atoms with Crippen molar-refractivity contribution in [2.75, 3.05) is 18.4 Å². The Bertz CT molecular complexity index is 808. The van der Waals surface area contributed by atoms with Crippen LogP contribution in [0.5, 0.6) is 0 Å². The number of likely N-dealkylation sites (tertiary alicyclic amines) is 1. The second kappa shape index (κ2) is 7.28. The molecule has 24 heavy (non-hydrogen) atoms. The fourth-order valence-corrected chi connectivity index (χ4v) is 4.24. The van der Waals surface area contributed by atoms with Crippen LogP contribution in [0.2, 0.25) is 0 Å². The highest BCUT2D eigenvalue weighted by atomic mass is 32.1. The molecule has 0 spiro atoms. The van der Waals surface area contributed by atoms with Crippen LogP contribution in [0.3, 0.4) is 0 Å². The number of benzene rings is 1. The molecule has 0 atom stereocenters. The lowest BCUT2D eigenvalue weighted by atomic mass is 10.0. The van der Waals surface area contributed by atoms with Gasteiger partial charge in [0.05, 0.1) is 18.5 Å². The van der Waals surface area contributed by atoms with Crippen LogP contribution < -0.4 is 10.2 Å². The first-order chi connectivity index (χ1) is 11.9. The van der Waals surface area contributed by atoms with Gasteiger partial charge in [0.2, 0.25) is 0 Å². The predicted octanol–water partition coefficient (Wildman–Crippen LogP) is 2.87. The zero-order chi connectivity index (χ0) is 16.2. The van der Waals surface area contributed by atoms with E-state index < -0.39 is 0 Å². The molecule has 0 radical (unpaired) electrons. The lowest BCUT2D eigenvalue weighted by molar-refractivity contribution is -0.918. The molecule has 4 nitrogen and oxygen atoms in total. The monoisotopic (exact) mass is 339 g/mol. The number of piperidine rings is 1. The van der Waals surface area contributed by atoms with Crippen molar-refractivity contribution >= 4 is 27.4 Å². The summed E-state index contributed by atoms with van der Waals surface area (Å²) in [5.74, 6) is 0.932. The number of quaternary nitrogens is 1. The number of aromatic nitrogens is 2. The number of thiophene rings is 1. The first kappa shape index (κ1) is 15.5. The molecule has 1 saturated heterocycles. The Hall–Kier alpha value is -1.98. The summed E-state index contributed by atoms with van der Waals surface area (Å²) < 4.78 is 0. The zero-order valence-corrected chi connectivity index (χ0v) is 14.6. The summed E-state index contributed by atoms with van der Waals surface area (Å²) in [5.41, 5.74) is 2.83. The van der Waals surface area contributed by atoms with Crippen LogP contribution in [0.4, 0.5) is 5.82 Å². The summed E-state index contributed by atoms with van der Waals surface area (Å²) in [4.78, 5) is 11.5. The van der Waals surface area contributed by atoms with Crippen molar-refractivity contribution in [1.29, 1.82) is 0 Å². The summed E-state index contributed by atoms with van der Waals surface area (Å²) in [6.07, 6.45) is 5.78. The van der Waals surface area contributed by atoms with Gasteiger partial charge < -0.3 is 10.2 Å². The molecule has 0 aliphatic carbocycles. The fourth-order valence-electron chi connectivity index (χ4n) is 3.51. The molecule has 0 amide bonds. The van der Waals surface area contributed by atoms with Crippen LogP contribution in [0.15, 0.2) is 42.0 Å². The number of hydrogen-bond donors (Lipinski definition) is 2. The van der Waals surface area contributed by atoms with Crippen molar-refractivity contribution in [2.24, 2.45) is 0 Å². The molecule has 4 rings (SSSR count). The van der Waals surface area contributed by atoms with Crippen LogP contribution >= 0.6 is 11.3 Å². The molecular weight excluding hydrogens is 316 g/mol. The minimum atomic E-state index is 0.811. The van der Waals surface area contributed by atoms with Crippen molar-refractivity contribution in [1.82, 2.24) is 9.97 Å². The van der Waals surface area contributed by atoms with Gasteiger partial charge in [0, 0.05) is 12.1 Å². The van der Waals surface area contributed by atoms with Gasteiger partial charge >= 0.3 is 0 Å². The Morgan fingerprint density at radius 2 is 1.83 bits per heavy atom. The molecule has 2 N–H and O–H groups in total. The van der Waals surface area contributed by atoms with E-state index >= 15 is 0 Å². The van der Waals surface area contributed by atoms with Gasteiger partial charge in [-0.1, -0.05) is 24.3 Å². The number of nitrogens with zero attached hydrogens (tertiary/aromatic N) is 2. The summed E-state index contributed by atoms with van der Waals surface area (Å²) in [5, 5.41) is 6.69. The Morgan fingerprint density at radius 3 is 2.71 bits per heavy atom. The molecule has 1 aliphatic heterocycles. The van der Waals surface area contributed by atoms with Crippen molar-refractivity contribution in [3.8, 4) is 0 Å². The summed E-state index contributed by atoms with van der Waals surface area (Å²) in [7, 11) is 0. The van der Waals surface area contributed by atoms with Gasteiger partial charge in [0.1, 0.15) is 23.5 Å². The van der Waals surface area contributed by atoms with E-state index in [2.05, 4.69) is 51.0 Å². The summed E-state index contributed by atoms with van der Waals surface area (Å²) in [6, 6.07) is 10.9. The lowest BCUT2D eigenvalue weighted by Crippen LogP contribution is -3.11. The topological polar surface area (TPSA) is 42.2 Å². The molecule has 0 unspecified atom stereocenters. The fraction of sp³-hybridized carbons (Fsp3) is 0.368. The van der Waals surface area contributed by atoms with E-state index in [0.717, 1.165) is 29.1 Å². The van der Waals surface area contributed by atoms with Crippen LogP contribution in [-0.2, 0) is 13.1 Å². The predicted molar refractivity (Wildman–Crippen MR) is 99.4 cm³/mol. The Morgan fingerprint density at radius 1 is 1.00 bits per heavy atom. The Kier molecular flexibility index (Phi) is 4.71. The zero-order valence-electron chi connectivity index (χ0n) is 13.8. The van der Waals surface area contributed by atoms with Crippen LogP contribution in [0, 0.1) is 0 Å². The minimum Gasteiger partial charge on any atom is -0.365 e. The van der Waals surface area contributed by atoms with Gasteiger partial charge in [-0.15, -0.1) is 11.3 Å². The second-order valence-electron chi connectivity index (χ2n) is 6.47. The first-order valence-corrected chi connectivity index (χ1v) is 9.60. The van der Waals surface area contributed by atoms with E-state index in [4.69, 9.17) is 0 Å². The van der Waals surface area contributed by atoms with Crippen molar-refractivity contribution in [2.45, 2.75) is 32.4 Å². The third-order valence-corrected chi connectivity index (χ3v) is 5.65. The number of rotatable bonds is 5. The van der Waals surface area contributed by atoms with Crippen molar-refractivity contribution < 1.29 is 4.90 Å². The van der Waals surface area contributed by atoms with E-state index in [-0.39, 0.29) is 0 Å². The van der Waals surface area contributed by atoms with E-state index in [1.54, 1.807) is 22.6 Å². The number of hydrogen-bond acceptors (Lipinski definition) is 4. The third-order valence-electron chi connectivity index (χ3n) is 4.83. The number of anilines is 1. The highest BCUT2D eigenvalue weighted by Gasteiger charge is 2.15. The molecule has 3 heterocycles. The normalized spacial score (nSPS) is 15.7. The molecule has 5 heteroatoms. The molecule has 0 saturated carbocycles. The largest absolute Gasteiger partial charge is 0.365 e. The van der Waals surface area contributed by atoms with E-state index in [1.807, 2.05) is 0 Å². The van der Waals surface area contributed by atoms with Crippen LogP contribution in [-0.4, -0.2) is 23.1 Å². The van der Waals surface area contributed by atoms with Gasteiger partial charge in [-0.2, -0.15) is 0 Å². The molecule has 124 valence electrons. The van der Waals surface area contributed by atoms with E-state index in [0.29, 0.717) is 0 Å². The van der Waals surface area contributed by atoms with Crippen LogP contribution in [0.1, 0.15) is 30.4 Å². The average Bonchev–Trinajstić information content (AvgIpc) is 3.11. The standard InChI is InChI=1S/C19H22N4S/c1-4-9-23(10-5-1)13-16-7-3-2-6-15(16)12-20-18-17-8-11-24-19(17)22-14-21-18/h2-3,6-8,11,14H,1,4-5,9-10,12-13H2,(H,20,21,22)/p+1.